The van der Waals surface area contributed by atoms with Crippen LogP contribution in [0.2, 0.25) is 0 Å². The third-order valence-corrected chi connectivity index (χ3v) is 5.51. The Hall–Kier alpha value is -2.47. The molecule has 0 bridgehead atoms. The fourth-order valence-electron chi connectivity index (χ4n) is 4.40. The van der Waals surface area contributed by atoms with Crippen molar-refractivity contribution in [1.82, 2.24) is 9.88 Å². The molecule has 1 N–H and O–H groups in total. The molecule has 1 unspecified atom stereocenters. The van der Waals surface area contributed by atoms with Crippen molar-refractivity contribution in [3.63, 3.8) is 0 Å². The summed E-state index contributed by atoms with van der Waals surface area (Å²) in [7, 11) is 0. The van der Waals surface area contributed by atoms with E-state index in [1.165, 1.54) is 26.0 Å². The molecule has 1 aliphatic rings. The molecule has 0 fully saturated rings. The zero-order valence-electron chi connectivity index (χ0n) is 17.6. The Morgan fingerprint density at radius 3 is 2.53 bits per heavy atom. The van der Waals surface area contributed by atoms with Crippen molar-refractivity contribution in [2.24, 2.45) is 0 Å². The molecule has 3 aromatic rings. The lowest BCUT2D eigenvalue weighted by Gasteiger charge is -2.38. The molecule has 1 atom stereocenters. The molecule has 6 heteroatoms. The molecule has 2 aromatic carbocycles. The van der Waals surface area contributed by atoms with Crippen molar-refractivity contribution in [3.05, 3.63) is 64.9 Å². The molecule has 160 valence electrons. The maximum absolute atomic E-state index is 15.2. The van der Waals surface area contributed by atoms with Crippen LogP contribution in [0.3, 0.4) is 0 Å². The summed E-state index contributed by atoms with van der Waals surface area (Å²) in [5.74, 6) is -1.20. The van der Waals surface area contributed by atoms with E-state index in [4.69, 9.17) is 4.74 Å². The largest absolute Gasteiger partial charge is 0.493 e. The molecule has 0 aliphatic carbocycles. The highest BCUT2D eigenvalue weighted by molar-refractivity contribution is 5.85. The zero-order chi connectivity index (χ0) is 21.5. The molecule has 0 amide bonds. The van der Waals surface area contributed by atoms with E-state index in [2.05, 4.69) is 4.98 Å². The Kier molecular flexibility index (Phi) is 5.53. The lowest BCUT2D eigenvalue weighted by molar-refractivity contribution is 0.0962. The number of rotatable bonds is 6. The van der Waals surface area contributed by atoms with Gasteiger partial charge in [0, 0.05) is 47.4 Å². The standard InChI is InChI=1S/C24H27F3N2O/c1-4-11-30-15-12-18(25)21(19(26)13-15)23-22-17(9-10-29(23)14-24(2,3)27)16-7-5-6-8-20(16)28-22/h5-8,12-13,23,28H,4,9-11,14H2,1-3H3. The van der Waals surface area contributed by atoms with Gasteiger partial charge in [0.15, 0.2) is 0 Å². The molecule has 1 aliphatic heterocycles. The summed E-state index contributed by atoms with van der Waals surface area (Å²) in [5.41, 5.74) is 1.10. The molecule has 3 nitrogen and oxygen atoms in total. The fourth-order valence-corrected chi connectivity index (χ4v) is 4.40. The molecule has 0 saturated heterocycles. The smallest absolute Gasteiger partial charge is 0.135 e. The van der Waals surface area contributed by atoms with E-state index in [0.717, 1.165) is 28.6 Å². The molecular formula is C24H27F3N2O. The van der Waals surface area contributed by atoms with Crippen LogP contribution >= 0.6 is 0 Å². The van der Waals surface area contributed by atoms with Crippen LogP contribution < -0.4 is 4.74 Å². The van der Waals surface area contributed by atoms with Crippen LogP contribution in [-0.4, -0.2) is 35.2 Å². The summed E-state index contributed by atoms with van der Waals surface area (Å²) in [6, 6.07) is 9.53. The summed E-state index contributed by atoms with van der Waals surface area (Å²) >= 11 is 0. The first kappa shape index (κ1) is 20.8. The molecule has 4 rings (SSSR count). The highest BCUT2D eigenvalue weighted by Crippen LogP contribution is 2.41. The predicted molar refractivity (Wildman–Crippen MR) is 113 cm³/mol. The molecule has 1 aromatic heterocycles. The second kappa shape index (κ2) is 7.99. The van der Waals surface area contributed by atoms with Crippen molar-refractivity contribution in [3.8, 4) is 5.75 Å². The summed E-state index contributed by atoms with van der Waals surface area (Å²) < 4.78 is 50.5. The topological polar surface area (TPSA) is 28.3 Å². The molecule has 0 spiro atoms. The first-order valence-electron chi connectivity index (χ1n) is 10.4. The quantitative estimate of drug-likeness (QED) is 0.539. The van der Waals surface area contributed by atoms with Gasteiger partial charge in [0.05, 0.1) is 12.6 Å². The normalized spacial score (nSPS) is 17.3. The summed E-state index contributed by atoms with van der Waals surface area (Å²) in [6.45, 7) is 5.87. The number of hydrogen-bond donors (Lipinski definition) is 1. The number of halogens is 3. The van der Waals surface area contributed by atoms with Crippen LogP contribution in [0.25, 0.3) is 10.9 Å². The Morgan fingerprint density at radius 2 is 1.87 bits per heavy atom. The maximum atomic E-state index is 15.2. The van der Waals surface area contributed by atoms with Crippen LogP contribution in [0.1, 0.15) is 50.1 Å². The van der Waals surface area contributed by atoms with Gasteiger partial charge in [0.2, 0.25) is 0 Å². The summed E-state index contributed by atoms with van der Waals surface area (Å²) in [6.07, 6.45) is 1.43. The number of ether oxygens (including phenoxy) is 1. The van der Waals surface area contributed by atoms with Crippen molar-refractivity contribution >= 4 is 10.9 Å². The fraction of sp³-hybridized carbons (Fsp3) is 0.417. The van der Waals surface area contributed by atoms with E-state index in [9.17, 15) is 4.39 Å². The van der Waals surface area contributed by atoms with Crippen LogP contribution in [0.4, 0.5) is 13.2 Å². The minimum atomic E-state index is -1.50. The monoisotopic (exact) mass is 416 g/mol. The SMILES string of the molecule is CCCOc1cc(F)c(C2c3[nH]c4ccccc4c3CCN2CC(C)(C)F)c(F)c1. The summed E-state index contributed by atoms with van der Waals surface area (Å²) in [4.78, 5) is 5.18. The Bertz CT molecular complexity index is 1030. The lowest BCUT2D eigenvalue weighted by Crippen LogP contribution is -2.43. The van der Waals surface area contributed by atoms with Crippen molar-refractivity contribution < 1.29 is 17.9 Å². The first-order valence-corrected chi connectivity index (χ1v) is 10.4. The Labute approximate surface area is 174 Å². The zero-order valence-corrected chi connectivity index (χ0v) is 17.6. The van der Waals surface area contributed by atoms with Crippen LogP contribution in [0.5, 0.6) is 5.75 Å². The van der Waals surface area contributed by atoms with Gasteiger partial charge in [-0.15, -0.1) is 0 Å². The number of hydrogen-bond acceptors (Lipinski definition) is 2. The predicted octanol–water partition coefficient (Wildman–Crippen LogP) is 5.93. The van der Waals surface area contributed by atoms with E-state index in [1.54, 1.807) is 0 Å². The van der Waals surface area contributed by atoms with Gasteiger partial charge in [0.1, 0.15) is 23.1 Å². The minimum absolute atomic E-state index is 0.0689. The number of fused-ring (bicyclic) bond motifs is 3. The average Bonchev–Trinajstić information content (AvgIpc) is 3.05. The third kappa shape index (κ3) is 3.93. The van der Waals surface area contributed by atoms with Gasteiger partial charge in [-0.3, -0.25) is 4.90 Å². The van der Waals surface area contributed by atoms with Gasteiger partial charge in [-0.05, 0) is 38.3 Å². The first-order chi connectivity index (χ1) is 14.3. The van der Waals surface area contributed by atoms with Gasteiger partial charge < -0.3 is 9.72 Å². The molecule has 30 heavy (non-hydrogen) atoms. The molecule has 0 saturated carbocycles. The van der Waals surface area contributed by atoms with Gasteiger partial charge in [-0.2, -0.15) is 0 Å². The van der Waals surface area contributed by atoms with E-state index >= 15 is 8.78 Å². The molecule has 2 heterocycles. The van der Waals surface area contributed by atoms with E-state index in [1.807, 2.05) is 36.1 Å². The molecular weight excluding hydrogens is 389 g/mol. The number of nitrogens with one attached hydrogen (secondary N) is 1. The van der Waals surface area contributed by atoms with Crippen LogP contribution in [-0.2, 0) is 6.42 Å². The number of nitrogens with zero attached hydrogens (tertiary/aromatic N) is 1. The van der Waals surface area contributed by atoms with E-state index < -0.39 is 23.3 Å². The number of H-pyrrole nitrogens is 1. The summed E-state index contributed by atoms with van der Waals surface area (Å²) in [5, 5.41) is 1.04. The van der Waals surface area contributed by atoms with Gasteiger partial charge >= 0.3 is 0 Å². The van der Waals surface area contributed by atoms with E-state index in [-0.39, 0.29) is 17.9 Å². The lowest BCUT2D eigenvalue weighted by atomic mass is 9.90. The second-order valence-electron chi connectivity index (χ2n) is 8.55. The molecule has 0 radical (unpaired) electrons. The number of para-hydroxylation sites is 1. The highest BCUT2D eigenvalue weighted by atomic mass is 19.1. The number of alkyl halides is 1. The third-order valence-electron chi connectivity index (χ3n) is 5.51. The van der Waals surface area contributed by atoms with Gasteiger partial charge in [0.25, 0.3) is 0 Å². The van der Waals surface area contributed by atoms with E-state index in [0.29, 0.717) is 19.6 Å². The van der Waals surface area contributed by atoms with Gasteiger partial charge in [-0.1, -0.05) is 25.1 Å². The van der Waals surface area contributed by atoms with Crippen molar-refractivity contribution in [2.45, 2.75) is 45.3 Å². The Morgan fingerprint density at radius 1 is 1.17 bits per heavy atom. The Balaban J connectivity index is 1.85. The number of aromatic amines is 1. The van der Waals surface area contributed by atoms with Crippen molar-refractivity contribution in [2.75, 3.05) is 19.7 Å². The second-order valence-corrected chi connectivity index (χ2v) is 8.55. The van der Waals surface area contributed by atoms with Crippen LogP contribution in [0, 0.1) is 11.6 Å². The highest BCUT2D eigenvalue weighted by Gasteiger charge is 2.37. The number of aromatic nitrogens is 1. The average molecular weight is 416 g/mol. The van der Waals surface area contributed by atoms with Crippen LogP contribution in [0.15, 0.2) is 36.4 Å². The maximum Gasteiger partial charge on any atom is 0.135 e. The number of benzene rings is 2. The van der Waals surface area contributed by atoms with Gasteiger partial charge in [-0.25, -0.2) is 13.2 Å². The minimum Gasteiger partial charge on any atom is -0.493 e. The van der Waals surface area contributed by atoms with Crippen molar-refractivity contribution in [1.29, 1.82) is 0 Å².